The molecule has 1 heterocycles. The maximum absolute atomic E-state index is 13.4. The van der Waals surface area contributed by atoms with Gasteiger partial charge in [-0.15, -0.1) is 0 Å². The Labute approximate surface area is 110 Å². The van der Waals surface area contributed by atoms with E-state index in [2.05, 4.69) is 10.1 Å². The van der Waals surface area contributed by atoms with E-state index in [9.17, 15) is 4.39 Å². The molecule has 19 heavy (non-hydrogen) atoms. The minimum atomic E-state index is -0.588. The van der Waals surface area contributed by atoms with Crippen LogP contribution in [-0.4, -0.2) is 14.8 Å². The Morgan fingerprint density at radius 3 is 3.05 bits per heavy atom. The molecule has 0 atom stereocenters. The highest BCUT2D eigenvalue weighted by atomic mass is 19.1. The van der Waals surface area contributed by atoms with Gasteiger partial charge in [-0.2, -0.15) is 10.4 Å². The van der Waals surface area contributed by atoms with Crippen LogP contribution in [0.5, 0.6) is 5.75 Å². The lowest BCUT2D eigenvalue weighted by Gasteiger charge is -2.08. The first kappa shape index (κ1) is 13.0. The summed E-state index contributed by atoms with van der Waals surface area (Å²) in [4.78, 5) is 4.08. The smallest absolute Gasteiger partial charge is 0.164 e. The molecule has 2 aromatic rings. The number of aromatic nitrogens is 3. The summed E-state index contributed by atoms with van der Waals surface area (Å²) < 4.78 is 20.6. The summed E-state index contributed by atoms with van der Waals surface area (Å²) in [6.07, 6.45) is 2.38. The highest BCUT2D eigenvalue weighted by Gasteiger charge is 2.10. The lowest BCUT2D eigenvalue weighted by molar-refractivity contribution is 0.284. The largest absolute Gasteiger partial charge is 0.484 e. The summed E-state index contributed by atoms with van der Waals surface area (Å²) in [6, 6.07) is 6.08. The van der Waals surface area contributed by atoms with Gasteiger partial charge in [0.1, 0.15) is 36.1 Å². The lowest BCUT2D eigenvalue weighted by atomic mass is 10.2. The third-order valence-corrected chi connectivity index (χ3v) is 2.58. The molecule has 6 heteroatoms. The van der Waals surface area contributed by atoms with Crippen molar-refractivity contribution in [3.8, 4) is 11.8 Å². The fourth-order valence-electron chi connectivity index (χ4n) is 1.67. The number of aryl methyl sites for hydroxylation is 1. The second kappa shape index (κ2) is 5.96. The quantitative estimate of drug-likeness (QED) is 0.827. The predicted octanol–water partition coefficient (Wildman–Crippen LogP) is 2.28. The van der Waals surface area contributed by atoms with Crippen LogP contribution in [-0.2, 0) is 13.2 Å². The van der Waals surface area contributed by atoms with Crippen molar-refractivity contribution in [2.45, 2.75) is 26.5 Å². The number of nitriles is 1. The maximum atomic E-state index is 13.4. The highest BCUT2D eigenvalue weighted by molar-refractivity contribution is 5.43. The highest BCUT2D eigenvalue weighted by Crippen LogP contribution is 2.21. The van der Waals surface area contributed by atoms with Gasteiger partial charge in [-0.1, -0.05) is 13.0 Å². The third kappa shape index (κ3) is 2.88. The Morgan fingerprint density at radius 1 is 1.47 bits per heavy atom. The van der Waals surface area contributed by atoms with Crippen LogP contribution in [0.15, 0.2) is 24.5 Å². The number of halogens is 1. The standard InChI is InChI=1S/C13H13FN4O/c1-2-6-18-13(16-9-17-18)8-19-12-5-3-4-11(14)10(12)7-15/h3-5,9H,2,6,8H2,1H3. The van der Waals surface area contributed by atoms with Crippen molar-refractivity contribution in [3.63, 3.8) is 0 Å². The molecule has 2 rings (SSSR count). The molecule has 0 aliphatic rings. The van der Waals surface area contributed by atoms with Crippen molar-refractivity contribution >= 4 is 0 Å². The molecule has 0 saturated heterocycles. The molecular formula is C13H13FN4O. The van der Waals surface area contributed by atoms with E-state index in [1.807, 2.05) is 6.92 Å². The molecule has 5 nitrogen and oxygen atoms in total. The first-order chi connectivity index (χ1) is 9.26. The van der Waals surface area contributed by atoms with E-state index in [1.165, 1.54) is 18.5 Å². The molecule has 0 unspecified atom stereocenters. The number of nitrogens with zero attached hydrogens (tertiary/aromatic N) is 4. The summed E-state index contributed by atoms with van der Waals surface area (Å²) >= 11 is 0. The Kier molecular flexibility index (Phi) is 4.08. The molecule has 0 radical (unpaired) electrons. The Bertz CT molecular complexity index is 603. The molecule has 0 bridgehead atoms. The monoisotopic (exact) mass is 260 g/mol. The van der Waals surface area contributed by atoms with E-state index in [0.29, 0.717) is 5.82 Å². The molecule has 98 valence electrons. The zero-order valence-electron chi connectivity index (χ0n) is 10.5. The van der Waals surface area contributed by atoms with Crippen molar-refractivity contribution in [1.29, 1.82) is 5.26 Å². The van der Waals surface area contributed by atoms with Gasteiger partial charge in [-0.25, -0.2) is 14.1 Å². The first-order valence-corrected chi connectivity index (χ1v) is 5.94. The Hall–Kier alpha value is -2.42. The summed E-state index contributed by atoms with van der Waals surface area (Å²) in [5.74, 6) is 0.276. The number of rotatable bonds is 5. The maximum Gasteiger partial charge on any atom is 0.164 e. The van der Waals surface area contributed by atoms with Gasteiger partial charge >= 0.3 is 0 Å². The first-order valence-electron chi connectivity index (χ1n) is 5.94. The Morgan fingerprint density at radius 2 is 2.32 bits per heavy atom. The van der Waals surface area contributed by atoms with Gasteiger partial charge in [0.05, 0.1) is 0 Å². The third-order valence-electron chi connectivity index (χ3n) is 2.58. The number of benzene rings is 1. The van der Waals surface area contributed by atoms with Crippen LogP contribution in [0.3, 0.4) is 0 Å². The van der Waals surface area contributed by atoms with Gasteiger partial charge in [0.25, 0.3) is 0 Å². The predicted molar refractivity (Wildman–Crippen MR) is 65.8 cm³/mol. The summed E-state index contributed by atoms with van der Waals surface area (Å²) in [7, 11) is 0. The minimum absolute atomic E-state index is 0.0935. The zero-order valence-corrected chi connectivity index (χ0v) is 10.5. The molecule has 0 spiro atoms. The second-order valence-electron chi connectivity index (χ2n) is 3.91. The average molecular weight is 260 g/mol. The second-order valence-corrected chi connectivity index (χ2v) is 3.91. The van der Waals surface area contributed by atoms with E-state index in [0.717, 1.165) is 13.0 Å². The number of hydrogen-bond acceptors (Lipinski definition) is 4. The molecule has 1 aromatic heterocycles. The minimum Gasteiger partial charge on any atom is -0.484 e. The summed E-state index contributed by atoms with van der Waals surface area (Å²) in [6.45, 7) is 2.93. The average Bonchev–Trinajstić information content (AvgIpc) is 2.84. The molecule has 0 amide bonds. The SMILES string of the molecule is CCCn1ncnc1COc1cccc(F)c1C#N. The van der Waals surface area contributed by atoms with Gasteiger partial charge in [-0.3, -0.25) is 0 Å². The van der Waals surface area contributed by atoms with Crippen molar-refractivity contribution in [1.82, 2.24) is 14.8 Å². The van der Waals surface area contributed by atoms with Crippen molar-refractivity contribution in [2.24, 2.45) is 0 Å². The number of ether oxygens (including phenoxy) is 1. The van der Waals surface area contributed by atoms with Gasteiger partial charge < -0.3 is 4.74 Å². The van der Waals surface area contributed by atoms with Crippen LogP contribution < -0.4 is 4.74 Å². The van der Waals surface area contributed by atoms with Gasteiger partial charge in [0, 0.05) is 6.54 Å². The van der Waals surface area contributed by atoms with E-state index < -0.39 is 5.82 Å². The van der Waals surface area contributed by atoms with Gasteiger partial charge in [0.2, 0.25) is 0 Å². The van der Waals surface area contributed by atoms with Crippen molar-refractivity contribution < 1.29 is 9.13 Å². The summed E-state index contributed by atoms with van der Waals surface area (Å²) in [5, 5.41) is 13.0. The summed E-state index contributed by atoms with van der Waals surface area (Å²) in [5.41, 5.74) is -0.0935. The topological polar surface area (TPSA) is 63.7 Å². The normalized spacial score (nSPS) is 10.2. The van der Waals surface area contributed by atoms with Crippen LogP contribution in [0.2, 0.25) is 0 Å². The Balaban J connectivity index is 2.13. The lowest BCUT2D eigenvalue weighted by Crippen LogP contribution is -2.09. The zero-order chi connectivity index (χ0) is 13.7. The van der Waals surface area contributed by atoms with Crippen molar-refractivity contribution in [3.05, 3.63) is 41.7 Å². The van der Waals surface area contributed by atoms with Crippen LogP contribution >= 0.6 is 0 Å². The van der Waals surface area contributed by atoms with E-state index in [4.69, 9.17) is 10.00 Å². The van der Waals surface area contributed by atoms with Crippen LogP contribution in [0.4, 0.5) is 4.39 Å². The van der Waals surface area contributed by atoms with Crippen LogP contribution in [0, 0.1) is 17.1 Å². The molecule has 0 aliphatic carbocycles. The fraction of sp³-hybridized carbons (Fsp3) is 0.308. The van der Waals surface area contributed by atoms with E-state index >= 15 is 0 Å². The molecule has 0 fully saturated rings. The molecule has 0 aliphatic heterocycles. The van der Waals surface area contributed by atoms with Gasteiger partial charge in [-0.05, 0) is 18.6 Å². The molecule has 1 aromatic carbocycles. The molecule has 0 N–H and O–H groups in total. The van der Waals surface area contributed by atoms with Crippen molar-refractivity contribution in [2.75, 3.05) is 0 Å². The van der Waals surface area contributed by atoms with Crippen LogP contribution in [0.1, 0.15) is 24.7 Å². The number of hydrogen-bond donors (Lipinski definition) is 0. The molecule has 0 saturated carbocycles. The van der Waals surface area contributed by atoms with E-state index in [1.54, 1.807) is 16.8 Å². The van der Waals surface area contributed by atoms with E-state index in [-0.39, 0.29) is 17.9 Å². The van der Waals surface area contributed by atoms with Crippen LogP contribution in [0.25, 0.3) is 0 Å². The molecular weight excluding hydrogens is 247 g/mol. The fourth-order valence-corrected chi connectivity index (χ4v) is 1.67. The van der Waals surface area contributed by atoms with Gasteiger partial charge in [0.15, 0.2) is 5.82 Å².